The van der Waals surface area contributed by atoms with E-state index in [4.69, 9.17) is 0 Å². The molecule has 3 rings (SSSR count). The van der Waals surface area contributed by atoms with Crippen LogP contribution in [-0.2, 0) is 10.3 Å². The number of aromatic nitrogens is 1. The highest BCUT2D eigenvalue weighted by molar-refractivity contribution is 7.09. The molecule has 1 amide bonds. The molecule has 0 spiro atoms. The molecule has 7 heteroatoms. The summed E-state index contributed by atoms with van der Waals surface area (Å²) in [5.41, 5.74) is 0.873. The maximum absolute atomic E-state index is 12.6. The Kier molecular flexibility index (Phi) is 7.59. The van der Waals surface area contributed by atoms with Gasteiger partial charge in [0.05, 0.1) is 11.5 Å². The third-order valence-electron chi connectivity index (χ3n) is 4.52. The van der Waals surface area contributed by atoms with E-state index in [1.807, 2.05) is 6.92 Å². The number of amides is 1. The fraction of sp³-hybridized carbons (Fsp3) is 0.733. The zero-order valence-corrected chi connectivity index (χ0v) is 15.3. The zero-order chi connectivity index (χ0) is 14.0. The summed E-state index contributed by atoms with van der Waals surface area (Å²) >= 11 is 1.69. The van der Waals surface area contributed by atoms with Gasteiger partial charge in [0.15, 0.2) is 0 Å². The molecule has 2 heterocycles. The van der Waals surface area contributed by atoms with Crippen LogP contribution in [0, 0.1) is 12.8 Å². The number of thiazole rings is 1. The third kappa shape index (κ3) is 4.13. The smallest absolute Gasteiger partial charge is 0.225 e. The van der Waals surface area contributed by atoms with Gasteiger partial charge in [0.2, 0.25) is 5.91 Å². The van der Waals surface area contributed by atoms with Crippen molar-refractivity contribution in [2.75, 3.05) is 13.1 Å². The molecule has 4 nitrogen and oxygen atoms in total. The van der Waals surface area contributed by atoms with Crippen LogP contribution in [0.3, 0.4) is 0 Å². The fourth-order valence-corrected chi connectivity index (χ4v) is 4.37. The predicted molar refractivity (Wildman–Crippen MR) is 95.2 cm³/mol. The Balaban J connectivity index is 0.00000121. The van der Waals surface area contributed by atoms with Crippen molar-refractivity contribution in [1.29, 1.82) is 0 Å². The van der Waals surface area contributed by atoms with Crippen molar-refractivity contribution in [2.24, 2.45) is 5.92 Å². The number of piperidine rings is 1. The number of aryl methyl sites for hydroxylation is 1. The summed E-state index contributed by atoms with van der Waals surface area (Å²) in [6.07, 6.45) is 6.54. The van der Waals surface area contributed by atoms with Crippen molar-refractivity contribution in [2.45, 2.75) is 51.0 Å². The molecule has 126 valence electrons. The van der Waals surface area contributed by atoms with Gasteiger partial charge >= 0.3 is 0 Å². The first-order valence-corrected chi connectivity index (χ1v) is 8.53. The van der Waals surface area contributed by atoms with Crippen LogP contribution in [0.15, 0.2) is 5.38 Å². The molecule has 0 radical (unpaired) electrons. The summed E-state index contributed by atoms with van der Waals surface area (Å²) in [6.45, 7) is 3.88. The molecule has 2 N–H and O–H groups in total. The molecule has 1 aliphatic heterocycles. The summed E-state index contributed by atoms with van der Waals surface area (Å²) in [5.74, 6) is 0.342. The lowest BCUT2D eigenvalue weighted by Crippen LogP contribution is -2.49. The molecule has 1 saturated heterocycles. The van der Waals surface area contributed by atoms with Crippen molar-refractivity contribution < 1.29 is 4.79 Å². The van der Waals surface area contributed by atoms with E-state index in [9.17, 15) is 4.79 Å². The van der Waals surface area contributed by atoms with Crippen LogP contribution in [0.4, 0.5) is 0 Å². The molecule has 2 aliphatic rings. The second-order valence-electron chi connectivity index (χ2n) is 6.12. The lowest BCUT2D eigenvalue weighted by atomic mass is 9.94. The largest absolute Gasteiger partial charge is 0.344 e. The number of carbonyl (C=O) groups excluding carboxylic acids is 1. The van der Waals surface area contributed by atoms with Crippen LogP contribution in [0.2, 0.25) is 0 Å². The summed E-state index contributed by atoms with van der Waals surface area (Å²) < 4.78 is 0. The molecule has 22 heavy (non-hydrogen) atoms. The van der Waals surface area contributed by atoms with Crippen molar-refractivity contribution >= 4 is 42.1 Å². The number of halogens is 2. The summed E-state index contributed by atoms with van der Waals surface area (Å²) in [7, 11) is 0. The highest BCUT2D eigenvalue weighted by Crippen LogP contribution is 2.40. The van der Waals surface area contributed by atoms with Crippen molar-refractivity contribution in [3.05, 3.63) is 16.1 Å². The van der Waals surface area contributed by atoms with E-state index in [0.717, 1.165) is 49.5 Å². The number of carbonyl (C=O) groups is 1. The molecular weight excluding hydrogens is 341 g/mol. The van der Waals surface area contributed by atoms with E-state index in [1.165, 1.54) is 12.8 Å². The minimum atomic E-state index is -0.187. The van der Waals surface area contributed by atoms with Crippen LogP contribution in [0.1, 0.15) is 49.2 Å². The van der Waals surface area contributed by atoms with Gasteiger partial charge in [-0.15, -0.1) is 36.2 Å². The van der Waals surface area contributed by atoms with Crippen molar-refractivity contribution in [1.82, 2.24) is 15.6 Å². The highest BCUT2D eigenvalue weighted by atomic mass is 35.5. The minimum absolute atomic E-state index is 0. The SMILES string of the molecule is Cc1csc(C2(NC(=O)C3CCCNC3)CCCC2)n1.Cl.Cl. The van der Waals surface area contributed by atoms with Gasteiger partial charge in [-0.1, -0.05) is 12.8 Å². The second kappa shape index (κ2) is 8.48. The number of hydrogen-bond acceptors (Lipinski definition) is 4. The molecule has 0 bridgehead atoms. The number of hydrogen-bond donors (Lipinski definition) is 2. The molecule has 1 unspecified atom stereocenters. The first kappa shape index (κ1) is 19.7. The Bertz CT molecular complexity index is 483. The quantitative estimate of drug-likeness (QED) is 0.864. The van der Waals surface area contributed by atoms with E-state index in [1.54, 1.807) is 11.3 Å². The molecule has 0 aromatic carbocycles. The van der Waals surface area contributed by atoms with Crippen LogP contribution < -0.4 is 10.6 Å². The Morgan fingerprint density at radius 2 is 2.09 bits per heavy atom. The van der Waals surface area contributed by atoms with E-state index in [2.05, 4.69) is 21.0 Å². The third-order valence-corrected chi connectivity index (χ3v) is 5.68. The van der Waals surface area contributed by atoms with Crippen LogP contribution in [-0.4, -0.2) is 24.0 Å². The fourth-order valence-electron chi connectivity index (χ4n) is 3.36. The lowest BCUT2D eigenvalue weighted by molar-refractivity contribution is -0.127. The summed E-state index contributed by atoms with van der Waals surface area (Å²) in [4.78, 5) is 17.2. The van der Waals surface area contributed by atoms with E-state index in [0.29, 0.717) is 0 Å². The maximum atomic E-state index is 12.6. The van der Waals surface area contributed by atoms with Gasteiger partial charge < -0.3 is 10.6 Å². The van der Waals surface area contributed by atoms with Gasteiger partial charge in [0, 0.05) is 17.6 Å². The average molecular weight is 366 g/mol. The molecular formula is C15H25Cl2N3OS. The Labute approximate surface area is 148 Å². The molecule has 2 fully saturated rings. The predicted octanol–water partition coefficient (Wildman–Crippen LogP) is 3.18. The molecule has 1 saturated carbocycles. The highest BCUT2D eigenvalue weighted by Gasteiger charge is 2.40. The van der Waals surface area contributed by atoms with Crippen LogP contribution >= 0.6 is 36.2 Å². The lowest BCUT2D eigenvalue weighted by Gasteiger charge is -2.31. The van der Waals surface area contributed by atoms with Gasteiger partial charge in [-0.25, -0.2) is 4.98 Å². The molecule has 1 aliphatic carbocycles. The van der Waals surface area contributed by atoms with Gasteiger partial charge in [-0.2, -0.15) is 0 Å². The van der Waals surface area contributed by atoms with E-state index < -0.39 is 0 Å². The van der Waals surface area contributed by atoms with Crippen LogP contribution in [0.5, 0.6) is 0 Å². The first-order chi connectivity index (χ1) is 9.70. The Morgan fingerprint density at radius 1 is 1.36 bits per heavy atom. The Hall–Kier alpha value is -0.360. The normalized spacial score (nSPS) is 23.2. The number of rotatable bonds is 3. The van der Waals surface area contributed by atoms with Crippen molar-refractivity contribution in [3.63, 3.8) is 0 Å². The van der Waals surface area contributed by atoms with Crippen molar-refractivity contribution in [3.8, 4) is 0 Å². The molecule has 1 aromatic heterocycles. The van der Waals surface area contributed by atoms with Gasteiger partial charge in [0.25, 0.3) is 0 Å². The topological polar surface area (TPSA) is 54.0 Å². The number of nitrogens with one attached hydrogen (secondary N) is 2. The average Bonchev–Trinajstić information content (AvgIpc) is 3.10. The van der Waals surface area contributed by atoms with Gasteiger partial charge in [-0.3, -0.25) is 4.79 Å². The summed E-state index contributed by atoms with van der Waals surface area (Å²) in [6, 6.07) is 0. The minimum Gasteiger partial charge on any atom is -0.344 e. The molecule has 1 aromatic rings. The van der Waals surface area contributed by atoms with E-state index >= 15 is 0 Å². The number of nitrogens with zero attached hydrogens (tertiary/aromatic N) is 1. The standard InChI is InChI=1S/C15H23N3OS.2ClH/c1-11-10-20-14(17-11)15(6-2-3-7-15)18-13(19)12-5-4-8-16-9-12;;/h10,12,16H,2-9H2,1H3,(H,18,19);2*1H. The van der Waals surface area contributed by atoms with Gasteiger partial charge in [-0.05, 0) is 39.2 Å². The second-order valence-corrected chi connectivity index (χ2v) is 6.97. The molecule has 1 atom stereocenters. The zero-order valence-electron chi connectivity index (χ0n) is 12.9. The van der Waals surface area contributed by atoms with E-state index in [-0.39, 0.29) is 42.2 Å². The Morgan fingerprint density at radius 3 is 2.64 bits per heavy atom. The van der Waals surface area contributed by atoms with Crippen LogP contribution in [0.25, 0.3) is 0 Å². The summed E-state index contributed by atoms with van der Waals surface area (Å²) in [5, 5.41) is 9.87. The maximum Gasteiger partial charge on any atom is 0.225 e. The monoisotopic (exact) mass is 365 g/mol. The van der Waals surface area contributed by atoms with Gasteiger partial charge in [0.1, 0.15) is 5.01 Å². The first-order valence-electron chi connectivity index (χ1n) is 7.65.